The Morgan fingerprint density at radius 3 is 3.05 bits per heavy atom. The minimum Gasteiger partial charge on any atom is -0.468 e. The molecular formula is C13H16N2O4. The van der Waals surface area contributed by atoms with Gasteiger partial charge in [-0.2, -0.15) is 0 Å². The van der Waals surface area contributed by atoms with Crippen LogP contribution in [0.1, 0.15) is 18.4 Å². The molecule has 0 bridgehead atoms. The molecule has 0 amide bonds. The van der Waals surface area contributed by atoms with Crippen molar-refractivity contribution in [2.75, 3.05) is 13.7 Å². The van der Waals surface area contributed by atoms with Crippen LogP contribution in [-0.2, 0) is 16.1 Å². The molecule has 1 aromatic carbocycles. The number of nitro groups is 1. The molecule has 0 aliphatic carbocycles. The van der Waals surface area contributed by atoms with Gasteiger partial charge in [0.15, 0.2) is 0 Å². The second kappa shape index (κ2) is 5.79. The summed E-state index contributed by atoms with van der Waals surface area (Å²) in [6, 6.07) is 6.28. The van der Waals surface area contributed by atoms with Crippen LogP contribution in [-0.4, -0.2) is 35.5 Å². The van der Waals surface area contributed by atoms with E-state index in [1.54, 1.807) is 12.1 Å². The van der Waals surface area contributed by atoms with Gasteiger partial charge in [0.1, 0.15) is 6.04 Å². The van der Waals surface area contributed by atoms with Gasteiger partial charge in [0.25, 0.3) is 5.69 Å². The van der Waals surface area contributed by atoms with Crippen LogP contribution in [0.25, 0.3) is 0 Å². The van der Waals surface area contributed by atoms with Gasteiger partial charge in [0, 0.05) is 18.7 Å². The smallest absolute Gasteiger partial charge is 0.323 e. The molecule has 19 heavy (non-hydrogen) atoms. The molecule has 1 aliphatic heterocycles. The molecule has 0 aromatic heterocycles. The topological polar surface area (TPSA) is 72.7 Å². The zero-order valence-corrected chi connectivity index (χ0v) is 10.7. The number of nitrogens with zero attached hydrogens (tertiary/aromatic N) is 2. The number of nitro benzene ring substituents is 1. The lowest BCUT2D eigenvalue weighted by atomic mass is 10.1. The van der Waals surface area contributed by atoms with Crippen LogP contribution in [0, 0.1) is 10.1 Å². The highest BCUT2D eigenvalue weighted by Gasteiger charge is 2.31. The number of carbonyl (C=O) groups is 1. The molecule has 1 heterocycles. The normalized spacial score (nSPS) is 19.3. The second-order valence-electron chi connectivity index (χ2n) is 4.58. The molecule has 1 fully saturated rings. The van der Waals surface area contributed by atoms with Gasteiger partial charge < -0.3 is 4.74 Å². The predicted molar refractivity (Wildman–Crippen MR) is 68.5 cm³/mol. The van der Waals surface area contributed by atoms with Crippen molar-refractivity contribution in [3.63, 3.8) is 0 Å². The maximum Gasteiger partial charge on any atom is 0.323 e. The Kier molecular flexibility index (Phi) is 4.11. The van der Waals surface area contributed by atoms with Gasteiger partial charge in [0.2, 0.25) is 0 Å². The quantitative estimate of drug-likeness (QED) is 0.470. The zero-order chi connectivity index (χ0) is 13.8. The summed E-state index contributed by atoms with van der Waals surface area (Å²) < 4.78 is 4.78. The molecular weight excluding hydrogens is 248 g/mol. The molecule has 0 radical (unpaired) electrons. The minimum atomic E-state index is -0.411. The first-order valence-corrected chi connectivity index (χ1v) is 6.17. The van der Waals surface area contributed by atoms with Gasteiger partial charge in [-0.3, -0.25) is 19.8 Å². The number of methoxy groups -OCH3 is 1. The Hall–Kier alpha value is -1.95. The molecule has 0 N–H and O–H groups in total. The van der Waals surface area contributed by atoms with Crippen molar-refractivity contribution in [2.45, 2.75) is 25.4 Å². The monoisotopic (exact) mass is 264 g/mol. The van der Waals surface area contributed by atoms with Crippen LogP contribution in [0.4, 0.5) is 5.69 Å². The molecule has 0 spiro atoms. The fraction of sp³-hybridized carbons (Fsp3) is 0.462. The molecule has 6 nitrogen and oxygen atoms in total. The van der Waals surface area contributed by atoms with Crippen LogP contribution < -0.4 is 0 Å². The molecule has 1 unspecified atom stereocenters. The van der Waals surface area contributed by atoms with Gasteiger partial charge in [0.05, 0.1) is 12.0 Å². The number of likely N-dealkylation sites (tertiary alicyclic amines) is 1. The third-order valence-corrected chi connectivity index (χ3v) is 3.34. The van der Waals surface area contributed by atoms with Crippen molar-refractivity contribution < 1.29 is 14.5 Å². The number of non-ortho nitro benzene ring substituents is 1. The first-order valence-electron chi connectivity index (χ1n) is 6.17. The van der Waals surface area contributed by atoms with Crippen molar-refractivity contribution in [3.05, 3.63) is 39.9 Å². The van der Waals surface area contributed by atoms with Gasteiger partial charge in [-0.1, -0.05) is 12.1 Å². The fourth-order valence-corrected chi connectivity index (χ4v) is 2.42. The van der Waals surface area contributed by atoms with E-state index in [0.717, 1.165) is 24.9 Å². The van der Waals surface area contributed by atoms with E-state index >= 15 is 0 Å². The fourth-order valence-electron chi connectivity index (χ4n) is 2.42. The third-order valence-electron chi connectivity index (χ3n) is 3.34. The van der Waals surface area contributed by atoms with Gasteiger partial charge in [-0.15, -0.1) is 0 Å². The van der Waals surface area contributed by atoms with E-state index in [-0.39, 0.29) is 17.7 Å². The van der Waals surface area contributed by atoms with E-state index in [9.17, 15) is 14.9 Å². The lowest BCUT2D eigenvalue weighted by Crippen LogP contribution is -2.36. The van der Waals surface area contributed by atoms with Crippen LogP contribution in [0.5, 0.6) is 0 Å². The summed E-state index contributed by atoms with van der Waals surface area (Å²) in [5.41, 5.74) is 0.913. The molecule has 6 heteroatoms. The first-order chi connectivity index (χ1) is 9.11. The third kappa shape index (κ3) is 3.08. The van der Waals surface area contributed by atoms with Gasteiger partial charge in [-0.05, 0) is 24.9 Å². The van der Waals surface area contributed by atoms with Crippen LogP contribution >= 0.6 is 0 Å². The Bertz CT molecular complexity index is 489. The number of carbonyl (C=O) groups excluding carboxylic acids is 1. The molecule has 0 saturated carbocycles. The lowest BCUT2D eigenvalue weighted by Gasteiger charge is -2.22. The number of ether oxygens (including phenoxy) is 1. The number of benzene rings is 1. The summed E-state index contributed by atoms with van der Waals surface area (Å²) in [5.74, 6) is -0.233. The Labute approximate surface area is 111 Å². The van der Waals surface area contributed by atoms with E-state index < -0.39 is 4.92 Å². The van der Waals surface area contributed by atoms with E-state index in [4.69, 9.17) is 4.74 Å². The Morgan fingerprint density at radius 1 is 1.58 bits per heavy atom. The SMILES string of the molecule is COC(=O)C1CCCN1Cc1cccc([N+](=O)[O-])c1. The standard InChI is InChI=1S/C13H16N2O4/c1-19-13(16)12-6-3-7-14(12)9-10-4-2-5-11(8-10)15(17)18/h2,4-5,8,12H,3,6-7,9H2,1H3. The van der Waals surface area contributed by atoms with Crippen molar-refractivity contribution in [1.82, 2.24) is 4.90 Å². The zero-order valence-electron chi connectivity index (χ0n) is 10.7. The average Bonchev–Trinajstić information content (AvgIpc) is 2.86. The van der Waals surface area contributed by atoms with Gasteiger partial charge >= 0.3 is 5.97 Å². The Morgan fingerprint density at radius 2 is 2.37 bits per heavy atom. The molecule has 2 rings (SSSR count). The minimum absolute atomic E-state index is 0.0753. The van der Waals surface area contributed by atoms with E-state index in [0.29, 0.717) is 6.54 Å². The number of hydrogen-bond acceptors (Lipinski definition) is 5. The summed E-state index contributed by atoms with van der Waals surface area (Å²) >= 11 is 0. The van der Waals surface area contributed by atoms with Crippen molar-refractivity contribution in [2.24, 2.45) is 0 Å². The van der Waals surface area contributed by atoms with Crippen molar-refractivity contribution in [1.29, 1.82) is 0 Å². The maximum atomic E-state index is 11.6. The van der Waals surface area contributed by atoms with Crippen LogP contribution in [0.3, 0.4) is 0 Å². The average molecular weight is 264 g/mol. The highest BCUT2D eigenvalue weighted by Crippen LogP contribution is 2.22. The van der Waals surface area contributed by atoms with E-state index in [1.165, 1.54) is 13.2 Å². The van der Waals surface area contributed by atoms with Crippen LogP contribution in [0.15, 0.2) is 24.3 Å². The molecule has 1 saturated heterocycles. The highest BCUT2D eigenvalue weighted by molar-refractivity contribution is 5.75. The van der Waals surface area contributed by atoms with E-state index in [2.05, 4.69) is 0 Å². The number of esters is 1. The second-order valence-corrected chi connectivity index (χ2v) is 4.58. The lowest BCUT2D eigenvalue weighted by molar-refractivity contribution is -0.384. The number of rotatable bonds is 4. The molecule has 1 atom stereocenters. The maximum absolute atomic E-state index is 11.6. The summed E-state index contributed by atoms with van der Waals surface area (Å²) in [7, 11) is 1.38. The predicted octanol–water partition coefficient (Wildman–Crippen LogP) is 1.73. The van der Waals surface area contributed by atoms with Crippen molar-refractivity contribution >= 4 is 11.7 Å². The largest absolute Gasteiger partial charge is 0.468 e. The molecule has 102 valence electrons. The Balaban J connectivity index is 2.10. The van der Waals surface area contributed by atoms with E-state index in [1.807, 2.05) is 11.0 Å². The summed E-state index contributed by atoms with van der Waals surface area (Å²) in [5, 5.41) is 10.7. The highest BCUT2D eigenvalue weighted by atomic mass is 16.6. The summed E-state index contributed by atoms with van der Waals surface area (Å²) in [4.78, 5) is 23.9. The number of hydrogen-bond donors (Lipinski definition) is 0. The summed E-state index contributed by atoms with van der Waals surface area (Å²) in [6.07, 6.45) is 1.72. The van der Waals surface area contributed by atoms with Crippen LogP contribution in [0.2, 0.25) is 0 Å². The van der Waals surface area contributed by atoms with Gasteiger partial charge in [-0.25, -0.2) is 0 Å². The molecule has 1 aromatic rings. The first kappa shape index (κ1) is 13.5. The molecule has 1 aliphatic rings. The van der Waals surface area contributed by atoms with Crippen molar-refractivity contribution in [3.8, 4) is 0 Å². The summed E-state index contributed by atoms with van der Waals surface area (Å²) in [6.45, 7) is 1.34.